The van der Waals surface area contributed by atoms with Crippen molar-refractivity contribution in [3.05, 3.63) is 35.6 Å². The summed E-state index contributed by atoms with van der Waals surface area (Å²) in [7, 11) is 0. The van der Waals surface area contributed by atoms with E-state index in [4.69, 9.17) is 0 Å². The van der Waals surface area contributed by atoms with E-state index >= 15 is 0 Å². The van der Waals surface area contributed by atoms with Crippen molar-refractivity contribution in [3.8, 4) is 0 Å². The lowest BCUT2D eigenvalue weighted by Crippen LogP contribution is -2.47. The minimum Gasteiger partial charge on any atom is -0.341 e. The van der Waals surface area contributed by atoms with Gasteiger partial charge in [-0.1, -0.05) is 25.0 Å². The molecule has 5 nitrogen and oxygen atoms in total. The summed E-state index contributed by atoms with van der Waals surface area (Å²) in [5.41, 5.74) is 0.694. The molecule has 152 valence electrons. The van der Waals surface area contributed by atoms with Gasteiger partial charge in [0.25, 0.3) is 0 Å². The molecule has 4 rings (SSSR count). The van der Waals surface area contributed by atoms with Gasteiger partial charge in [0, 0.05) is 32.2 Å². The molecule has 3 aliphatic rings. The Morgan fingerprint density at radius 1 is 1.04 bits per heavy atom. The molecule has 3 fully saturated rings. The summed E-state index contributed by atoms with van der Waals surface area (Å²) in [6.07, 6.45) is 6.94. The highest BCUT2D eigenvalue weighted by atomic mass is 19.1. The summed E-state index contributed by atoms with van der Waals surface area (Å²) in [6.45, 7) is 2.50. The van der Waals surface area contributed by atoms with Crippen LogP contribution < -0.4 is 5.32 Å². The highest BCUT2D eigenvalue weighted by Gasteiger charge is 2.39. The molecule has 1 aromatic rings. The van der Waals surface area contributed by atoms with Crippen LogP contribution in [0.1, 0.15) is 44.1 Å². The van der Waals surface area contributed by atoms with Gasteiger partial charge in [-0.3, -0.25) is 9.59 Å². The van der Waals surface area contributed by atoms with Gasteiger partial charge in [0.2, 0.25) is 11.8 Å². The van der Waals surface area contributed by atoms with Crippen molar-refractivity contribution in [2.45, 2.75) is 57.0 Å². The normalized spacial score (nSPS) is 28.0. The number of carbonyl (C=O) groups excluding carboxylic acids is 2. The number of nitrogens with zero attached hydrogens (tertiary/aromatic N) is 2. The van der Waals surface area contributed by atoms with Gasteiger partial charge in [-0.2, -0.15) is 0 Å². The van der Waals surface area contributed by atoms with E-state index in [1.807, 2.05) is 9.80 Å². The molecule has 0 radical (unpaired) electrons. The molecule has 3 atom stereocenters. The zero-order valence-electron chi connectivity index (χ0n) is 16.4. The first kappa shape index (κ1) is 19.4. The van der Waals surface area contributed by atoms with Gasteiger partial charge in [0.15, 0.2) is 0 Å². The lowest BCUT2D eigenvalue weighted by atomic mass is 9.85. The minimum absolute atomic E-state index is 0.00455. The topological polar surface area (TPSA) is 52.7 Å². The molecular weight excluding hydrogens is 357 g/mol. The molecule has 2 amide bonds. The average molecular weight is 387 g/mol. The zero-order chi connectivity index (χ0) is 19.5. The number of halogens is 1. The second-order valence-corrected chi connectivity index (χ2v) is 8.47. The van der Waals surface area contributed by atoms with Gasteiger partial charge >= 0.3 is 0 Å². The molecular formula is C22H30FN3O2. The number of hydrogen-bond acceptors (Lipinski definition) is 3. The number of fused-ring (bicyclic) bond motifs is 1. The van der Waals surface area contributed by atoms with Gasteiger partial charge in [0.1, 0.15) is 5.82 Å². The molecule has 0 aromatic heterocycles. The Labute approximate surface area is 166 Å². The van der Waals surface area contributed by atoms with E-state index in [9.17, 15) is 14.0 Å². The quantitative estimate of drug-likeness (QED) is 0.866. The van der Waals surface area contributed by atoms with Crippen LogP contribution in [-0.4, -0.2) is 59.9 Å². The predicted octanol–water partition coefficient (Wildman–Crippen LogP) is 2.35. The summed E-state index contributed by atoms with van der Waals surface area (Å²) in [5, 5.41) is 3.58. The largest absolute Gasteiger partial charge is 0.341 e. The number of rotatable bonds is 3. The van der Waals surface area contributed by atoms with Crippen molar-refractivity contribution < 1.29 is 14.0 Å². The van der Waals surface area contributed by atoms with E-state index in [-0.39, 0.29) is 30.1 Å². The number of hydrogen-bond donors (Lipinski definition) is 1. The first-order valence-electron chi connectivity index (χ1n) is 10.7. The molecule has 6 heteroatoms. The second-order valence-electron chi connectivity index (χ2n) is 8.47. The molecule has 2 heterocycles. The molecule has 1 aromatic carbocycles. The summed E-state index contributed by atoms with van der Waals surface area (Å²) < 4.78 is 13.3. The van der Waals surface area contributed by atoms with Gasteiger partial charge < -0.3 is 15.1 Å². The minimum atomic E-state index is -0.317. The third-order valence-corrected chi connectivity index (χ3v) is 6.57. The highest BCUT2D eigenvalue weighted by molar-refractivity contribution is 5.83. The van der Waals surface area contributed by atoms with Crippen molar-refractivity contribution in [1.82, 2.24) is 15.1 Å². The first-order chi connectivity index (χ1) is 13.6. The van der Waals surface area contributed by atoms with Gasteiger partial charge in [0.05, 0.1) is 12.5 Å². The smallest absolute Gasteiger partial charge is 0.239 e. The summed E-state index contributed by atoms with van der Waals surface area (Å²) >= 11 is 0. The van der Waals surface area contributed by atoms with Crippen LogP contribution in [0.25, 0.3) is 0 Å². The van der Waals surface area contributed by atoms with E-state index in [2.05, 4.69) is 5.32 Å². The molecule has 2 saturated heterocycles. The molecule has 0 spiro atoms. The fourth-order valence-corrected chi connectivity index (χ4v) is 5.05. The van der Waals surface area contributed by atoms with Crippen LogP contribution >= 0.6 is 0 Å². The maximum absolute atomic E-state index is 13.3. The molecule has 1 saturated carbocycles. The Hall–Kier alpha value is -1.95. The van der Waals surface area contributed by atoms with Crippen LogP contribution in [0, 0.1) is 11.7 Å². The zero-order valence-corrected chi connectivity index (χ0v) is 16.4. The van der Waals surface area contributed by atoms with E-state index in [1.165, 1.54) is 37.8 Å². The van der Waals surface area contributed by atoms with Crippen molar-refractivity contribution >= 4 is 11.8 Å². The molecule has 1 aliphatic carbocycles. The third kappa shape index (κ3) is 4.37. The first-order valence-corrected chi connectivity index (χ1v) is 10.7. The standard InChI is InChI=1S/C22H30FN3O2/c23-18-7-3-5-16(13-18)14-21(27)25-9-4-10-26(12-11-25)22(28)20-15-17-6-1-2-8-19(17)24-20/h3,5,7,13,17,19-20,24H,1-2,4,6,8-12,14-15H2. The van der Waals surface area contributed by atoms with Crippen LogP contribution in [0.2, 0.25) is 0 Å². The molecule has 0 bridgehead atoms. The summed E-state index contributed by atoms with van der Waals surface area (Å²) in [6, 6.07) is 6.67. The Morgan fingerprint density at radius 2 is 1.82 bits per heavy atom. The Balaban J connectivity index is 1.31. The fourth-order valence-electron chi connectivity index (χ4n) is 5.05. The van der Waals surface area contributed by atoms with Crippen molar-refractivity contribution in [3.63, 3.8) is 0 Å². The summed E-state index contributed by atoms with van der Waals surface area (Å²) in [4.78, 5) is 29.4. The van der Waals surface area contributed by atoms with Crippen molar-refractivity contribution in [2.75, 3.05) is 26.2 Å². The molecule has 28 heavy (non-hydrogen) atoms. The van der Waals surface area contributed by atoms with E-state index in [0.717, 1.165) is 12.8 Å². The molecule has 1 N–H and O–H groups in total. The number of benzene rings is 1. The van der Waals surface area contributed by atoms with E-state index in [0.29, 0.717) is 43.7 Å². The van der Waals surface area contributed by atoms with E-state index in [1.54, 1.807) is 12.1 Å². The lowest BCUT2D eigenvalue weighted by Gasteiger charge is -2.25. The lowest BCUT2D eigenvalue weighted by molar-refractivity contribution is -0.134. The van der Waals surface area contributed by atoms with Crippen molar-refractivity contribution in [1.29, 1.82) is 0 Å². The van der Waals surface area contributed by atoms with Crippen LogP contribution in [0.3, 0.4) is 0 Å². The van der Waals surface area contributed by atoms with Gasteiger partial charge in [-0.25, -0.2) is 4.39 Å². The highest BCUT2D eigenvalue weighted by Crippen LogP contribution is 2.33. The van der Waals surface area contributed by atoms with Crippen LogP contribution in [0.4, 0.5) is 4.39 Å². The fraction of sp³-hybridized carbons (Fsp3) is 0.636. The van der Waals surface area contributed by atoms with Gasteiger partial charge in [-0.15, -0.1) is 0 Å². The summed E-state index contributed by atoms with van der Waals surface area (Å²) in [5.74, 6) is 0.542. The number of nitrogens with one attached hydrogen (secondary N) is 1. The molecule has 2 aliphatic heterocycles. The van der Waals surface area contributed by atoms with Crippen LogP contribution in [0.15, 0.2) is 24.3 Å². The Morgan fingerprint density at radius 3 is 2.64 bits per heavy atom. The van der Waals surface area contributed by atoms with Crippen molar-refractivity contribution in [2.24, 2.45) is 5.92 Å². The van der Waals surface area contributed by atoms with Crippen LogP contribution in [-0.2, 0) is 16.0 Å². The monoisotopic (exact) mass is 387 g/mol. The second kappa shape index (κ2) is 8.60. The average Bonchev–Trinajstić information content (AvgIpc) is 2.96. The predicted molar refractivity (Wildman–Crippen MR) is 105 cm³/mol. The van der Waals surface area contributed by atoms with E-state index < -0.39 is 0 Å². The Bertz CT molecular complexity index is 711. The number of carbonyl (C=O) groups is 2. The maximum atomic E-state index is 13.3. The maximum Gasteiger partial charge on any atom is 0.239 e. The van der Waals surface area contributed by atoms with Crippen LogP contribution in [0.5, 0.6) is 0 Å². The van der Waals surface area contributed by atoms with Gasteiger partial charge in [-0.05, 0) is 49.3 Å². The Kier molecular flexibility index (Phi) is 5.95. The number of amides is 2. The SMILES string of the molecule is O=C(Cc1cccc(F)c1)N1CCCN(C(=O)C2CC3CCCCC3N2)CC1. The third-order valence-electron chi connectivity index (χ3n) is 6.57. The molecule has 3 unspecified atom stereocenters.